The lowest BCUT2D eigenvalue weighted by atomic mass is 9.93. The van der Waals surface area contributed by atoms with E-state index in [0.717, 1.165) is 4.31 Å². The van der Waals surface area contributed by atoms with Gasteiger partial charge < -0.3 is 9.84 Å². The second-order valence-electron chi connectivity index (χ2n) is 4.52. The molecule has 1 atom stereocenters. The van der Waals surface area contributed by atoms with Crippen LogP contribution in [0, 0.1) is 0 Å². The summed E-state index contributed by atoms with van der Waals surface area (Å²) in [6, 6.07) is 4.34. The molecule has 1 N–H and O–H groups in total. The zero-order valence-corrected chi connectivity index (χ0v) is 11.5. The molecule has 19 heavy (non-hydrogen) atoms. The molecule has 0 fully saturated rings. The van der Waals surface area contributed by atoms with Gasteiger partial charge >= 0.3 is 5.97 Å². The molecule has 7 heteroatoms. The predicted molar refractivity (Wildman–Crippen MR) is 67.8 cm³/mol. The van der Waals surface area contributed by atoms with Gasteiger partial charge in [-0.25, -0.2) is 12.7 Å². The van der Waals surface area contributed by atoms with E-state index in [1.165, 1.54) is 32.3 Å². The van der Waals surface area contributed by atoms with Crippen LogP contribution in [0.5, 0.6) is 5.75 Å². The van der Waals surface area contributed by atoms with Gasteiger partial charge in [-0.3, -0.25) is 4.79 Å². The molecule has 1 heterocycles. The van der Waals surface area contributed by atoms with E-state index in [1.54, 1.807) is 0 Å². The number of carbonyl (C=O) groups is 1. The molecule has 0 bridgehead atoms. The molecular formula is C12H15NO5S. The van der Waals surface area contributed by atoms with Crippen LogP contribution >= 0.6 is 0 Å². The van der Waals surface area contributed by atoms with Gasteiger partial charge in [-0.15, -0.1) is 0 Å². The van der Waals surface area contributed by atoms with Gasteiger partial charge in [0.1, 0.15) is 5.75 Å². The molecule has 0 aromatic heterocycles. The number of carboxylic acid groups (broad SMARTS) is 1. The molecule has 0 saturated carbocycles. The fourth-order valence-electron chi connectivity index (χ4n) is 2.00. The lowest BCUT2D eigenvalue weighted by Gasteiger charge is -2.24. The van der Waals surface area contributed by atoms with Crippen molar-refractivity contribution >= 4 is 16.0 Å². The zero-order chi connectivity index (χ0) is 14.2. The predicted octanol–water partition coefficient (Wildman–Crippen LogP) is 0.888. The van der Waals surface area contributed by atoms with Crippen LogP contribution in [0.4, 0.5) is 0 Å². The first-order valence-electron chi connectivity index (χ1n) is 5.76. The van der Waals surface area contributed by atoms with Crippen LogP contribution in [-0.4, -0.2) is 44.5 Å². The third kappa shape index (κ3) is 2.43. The van der Waals surface area contributed by atoms with Crippen LogP contribution in [-0.2, 0) is 14.8 Å². The van der Waals surface area contributed by atoms with E-state index < -0.39 is 21.9 Å². The minimum absolute atomic E-state index is 0.0769. The molecule has 2 rings (SSSR count). The van der Waals surface area contributed by atoms with Crippen LogP contribution in [0.2, 0.25) is 0 Å². The van der Waals surface area contributed by atoms with Crippen LogP contribution in [0.1, 0.15) is 17.9 Å². The molecule has 1 aromatic carbocycles. The van der Waals surface area contributed by atoms with Crippen molar-refractivity contribution in [2.24, 2.45) is 0 Å². The van der Waals surface area contributed by atoms with Crippen molar-refractivity contribution in [3.63, 3.8) is 0 Å². The molecule has 0 amide bonds. The Morgan fingerprint density at radius 3 is 2.68 bits per heavy atom. The molecule has 0 saturated heterocycles. The van der Waals surface area contributed by atoms with Crippen molar-refractivity contribution in [3.05, 3.63) is 23.8 Å². The van der Waals surface area contributed by atoms with Crippen LogP contribution < -0.4 is 4.74 Å². The summed E-state index contributed by atoms with van der Waals surface area (Å²) in [6.45, 7) is 0.323. The van der Waals surface area contributed by atoms with Crippen LogP contribution in [0.25, 0.3) is 0 Å². The maximum atomic E-state index is 12.0. The number of hydrogen-bond donors (Lipinski definition) is 1. The van der Waals surface area contributed by atoms with Gasteiger partial charge in [0.05, 0.1) is 17.4 Å². The number of benzene rings is 1. The highest BCUT2D eigenvalue weighted by Crippen LogP contribution is 2.35. The quantitative estimate of drug-likeness (QED) is 0.891. The first-order valence-corrected chi connectivity index (χ1v) is 7.20. The van der Waals surface area contributed by atoms with Crippen molar-refractivity contribution in [1.82, 2.24) is 4.31 Å². The monoisotopic (exact) mass is 285 g/mol. The summed E-state index contributed by atoms with van der Waals surface area (Å²) in [5, 5.41) is 9.17. The van der Waals surface area contributed by atoms with Crippen molar-refractivity contribution in [2.75, 3.05) is 20.7 Å². The van der Waals surface area contributed by atoms with E-state index >= 15 is 0 Å². The Morgan fingerprint density at radius 1 is 1.42 bits per heavy atom. The number of ether oxygens (including phenoxy) is 1. The molecule has 0 spiro atoms. The number of nitrogens with zero attached hydrogens (tertiary/aromatic N) is 1. The topological polar surface area (TPSA) is 83.9 Å². The highest BCUT2D eigenvalue weighted by molar-refractivity contribution is 7.89. The normalized spacial score (nSPS) is 18.8. The van der Waals surface area contributed by atoms with Gasteiger partial charge in [0.25, 0.3) is 0 Å². The van der Waals surface area contributed by atoms with E-state index in [2.05, 4.69) is 0 Å². The van der Waals surface area contributed by atoms with Gasteiger partial charge in [-0.05, 0) is 24.6 Å². The van der Waals surface area contributed by atoms with Crippen molar-refractivity contribution < 1.29 is 23.1 Å². The average Bonchev–Trinajstić information content (AvgIpc) is 2.36. The Bertz CT molecular complexity index is 609. The summed E-state index contributed by atoms with van der Waals surface area (Å²) in [5.41, 5.74) is 0.418. The maximum Gasteiger partial charge on any atom is 0.311 e. The number of fused-ring (bicyclic) bond motifs is 1. The molecule has 104 valence electrons. The van der Waals surface area contributed by atoms with Gasteiger partial charge in [-0.2, -0.15) is 0 Å². The van der Waals surface area contributed by atoms with Crippen molar-refractivity contribution in [1.29, 1.82) is 0 Å². The first kappa shape index (κ1) is 13.8. The van der Waals surface area contributed by atoms with Gasteiger partial charge in [-0.1, -0.05) is 0 Å². The van der Waals surface area contributed by atoms with E-state index in [4.69, 9.17) is 4.74 Å². The highest BCUT2D eigenvalue weighted by Gasteiger charge is 2.29. The largest absolute Gasteiger partial charge is 0.493 e. The number of hydrogen-bond acceptors (Lipinski definition) is 4. The second-order valence-corrected chi connectivity index (χ2v) is 6.67. The van der Waals surface area contributed by atoms with E-state index in [9.17, 15) is 18.3 Å². The minimum Gasteiger partial charge on any atom is -0.493 e. The van der Waals surface area contributed by atoms with E-state index in [1.807, 2.05) is 0 Å². The number of carboxylic acids is 1. The number of rotatable bonds is 3. The zero-order valence-electron chi connectivity index (χ0n) is 10.7. The third-order valence-electron chi connectivity index (χ3n) is 3.10. The van der Waals surface area contributed by atoms with E-state index in [0.29, 0.717) is 24.3 Å². The Hall–Kier alpha value is -1.60. The lowest BCUT2D eigenvalue weighted by molar-refractivity contribution is -0.139. The van der Waals surface area contributed by atoms with Gasteiger partial charge in [0.15, 0.2) is 0 Å². The fraction of sp³-hybridized carbons (Fsp3) is 0.417. The molecule has 1 aliphatic heterocycles. The number of aliphatic carboxylic acids is 1. The summed E-state index contributed by atoms with van der Waals surface area (Å²) >= 11 is 0. The van der Waals surface area contributed by atoms with Crippen molar-refractivity contribution in [2.45, 2.75) is 17.2 Å². The molecule has 0 radical (unpaired) electrons. The van der Waals surface area contributed by atoms with Gasteiger partial charge in [0.2, 0.25) is 10.0 Å². The first-order chi connectivity index (χ1) is 8.84. The summed E-state index contributed by atoms with van der Waals surface area (Å²) in [5.74, 6) is -1.25. The summed E-state index contributed by atoms with van der Waals surface area (Å²) in [6.07, 6.45) is 0.341. The van der Waals surface area contributed by atoms with E-state index in [-0.39, 0.29) is 4.90 Å². The molecular weight excluding hydrogens is 270 g/mol. The maximum absolute atomic E-state index is 12.0. The Kier molecular flexibility index (Phi) is 3.51. The van der Waals surface area contributed by atoms with Crippen molar-refractivity contribution in [3.8, 4) is 5.75 Å². The molecule has 1 aromatic rings. The summed E-state index contributed by atoms with van der Waals surface area (Å²) in [7, 11) is -0.714. The standard InChI is InChI=1S/C12H15NO5S/c1-13(2)19(16,17)8-3-4-11-10(7-8)9(12(14)15)5-6-18-11/h3-4,7,9H,5-6H2,1-2H3,(H,14,15). The second kappa shape index (κ2) is 4.82. The molecule has 0 aliphatic carbocycles. The molecule has 1 unspecified atom stereocenters. The Labute approximate surface area is 111 Å². The average molecular weight is 285 g/mol. The summed E-state index contributed by atoms with van der Waals surface area (Å²) in [4.78, 5) is 11.3. The van der Waals surface area contributed by atoms with Crippen LogP contribution in [0.3, 0.4) is 0 Å². The highest BCUT2D eigenvalue weighted by atomic mass is 32.2. The third-order valence-corrected chi connectivity index (χ3v) is 4.91. The van der Waals surface area contributed by atoms with Gasteiger partial charge in [0, 0.05) is 19.7 Å². The Morgan fingerprint density at radius 2 is 2.11 bits per heavy atom. The summed E-state index contributed by atoms with van der Waals surface area (Å²) < 4.78 is 30.5. The Balaban J connectivity index is 2.54. The fourth-order valence-corrected chi connectivity index (χ4v) is 2.94. The SMILES string of the molecule is CN(C)S(=O)(=O)c1ccc2c(c1)C(C(=O)O)CCO2. The minimum atomic E-state index is -3.57. The van der Waals surface area contributed by atoms with Crippen LogP contribution in [0.15, 0.2) is 23.1 Å². The molecule has 1 aliphatic rings. The molecule has 6 nitrogen and oxygen atoms in total. The number of sulfonamides is 1. The lowest BCUT2D eigenvalue weighted by Crippen LogP contribution is -2.24. The smallest absolute Gasteiger partial charge is 0.311 e.